The number of carbonyl (C=O) groups is 2. The lowest BCUT2D eigenvalue weighted by Crippen LogP contribution is -2.41. The summed E-state index contributed by atoms with van der Waals surface area (Å²) in [5, 5.41) is 1.86. The molecule has 0 spiro atoms. The first-order chi connectivity index (χ1) is 11.2. The molecular formula is C17H14N2O4. The zero-order chi connectivity index (χ0) is 16.2. The maximum Gasteiger partial charge on any atom is 0.305 e. The Labute approximate surface area is 132 Å². The van der Waals surface area contributed by atoms with Crippen molar-refractivity contribution in [2.75, 3.05) is 7.11 Å². The van der Waals surface area contributed by atoms with E-state index in [9.17, 15) is 9.59 Å². The summed E-state index contributed by atoms with van der Waals surface area (Å²) >= 11 is 0. The van der Waals surface area contributed by atoms with Crippen LogP contribution in [0.2, 0.25) is 0 Å². The molecule has 3 rings (SSSR count). The summed E-state index contributed by atoms with van der Waals surface area (Å²) in [4.78, 5) is 24.1. The molecule has 0 aliphatic carbocycles. The number of hydrogen-bond acceptors (Lipinski definition) is 4. The van der Waals surface area contributed by atoms with Crippen LogP contribution in [0.5, 0.6) is 5.75 Å². The molecule has 0 saturated heterocycles. The second-order valence-corrected chi connectivity index (χ2v) is 4.79. The molecule has 0 saturated carbocycles. The van der Waals surface area contributed by atoms with Crippen LogP contribution in [0, 0.1) is 0 Å². The van der Waals surface area contributed by atoms with Crippen molar-refractivity contribution in [1.29, 1.82) is 0 Å². The van der Waals surface area contributed by atoms with E-state index in [1.807, 2.05) is 24.3 Å². The molecule has 0 aliphatic heterocycles. The lowest BCUT2D eigenvalue weighted by atomic mass is 10.1. The lowest BCUT2D eigenvalue weighted by Gasteiger charge is -2.11. The first kappa shape index (κ1) is 14.6. The zero-order valence-corrected chi connectivity index (χ0v) is 12.3. The van der Waals surface area contributed by atoms with Crippen LogP contribution in [0.4, 0.5) is 0 Å². The number of rotatable bonds is 3. The standard InChI is InChI=1S/C17H14N2O4/c1-22-15-10-12-6-3-2-5-11(12)9-13(15)16(20)18-19-17(21)14-7-4-8-23-14/h2-10H,1H3,(H,18,20)(H,19,21). The normalized spacial score (nSPS) is 10.3. The van der Waals surface area contributed by atoms with E-state index < -0.39 is 11.8 Å². The summed E-state index contributed by atoms with van der Waals surface area (Å²) in [5.41, 5.74) is 4.97. The molecule has 0 bridgehead atoms. The van der Waals surface area contributed by atoms with E-state index in [4.69, 9.17) is 9.15 Å². The highest BCUT2D eigenvalue weighted by Gasteiger charge is 2.15. The molecule has 0 radical (unpaired) electrons. The minimum atomic E-state index is -0.539. The van der Waals surface area contributed by atoms with Crippen LogP contribution >= 0.6 is 0 Å². The van der Waals surface area contributed by atoms with Gasteiger partial charge in [-0.3, -0.25) is 20.4 Å². The first-order valence-corrected chi connectivity index (χ1v) is 6.90. The minimum absolute atomic E-state index is 0.107. The SMILES string of the molecule is COc1cc2ccccc2cc1C(=O)NNC(=O)c1ccco1. The van der Waals surface area contributed by atoms with E-state index in [1.54, 1.807) is 18.2 Å². The zero-order valence-electron chi connectivity index (χ0n) is 12.3. The van der Waals surface area contributed by atoms with E-state index in [0.717, 1.165) is 10.8 Å². The molecular weight excluding hydrogens is 296 g/mol. The summed E-state index contributed by atoms with van der Waals surface area (Å²) in [6.45, 7) is 0. The summed E-state index contributed by atoms with van der Waals surface area (Å²) < 4.78 is 10.2. The average Bonchev–Trinajstić information content (AvgIpc) is 3.12. The van der Waals surface area contributed by atoms with Gasteiger partial charge in [-0.05, 0) is 35.0 Å². The summed E-state index contributed by atoms with van der Waals surface area (Å²) in [6.07, 6.45) is 1.38. The molecule has 0 fully saturated rings. The summed E-state index contributed by atoms with van der Waals surface area (Å²) in [7, 11) is 1.49. The van der Waals surface area contributed by atoms with Gasteiger partial charge in [0.25, 0.3) is 5.91 Å². The largest absolute Gasteiger partial charge is 0.496 e. The quantitative estimate of drug-likeness (QED) is 0.728. The number of methoxy groups -OCH3 is 1. The molecule has 0 aliphatic rings. The van der Waals surface area contributed by atoms with Gasteiger partial charge in [0.15, 0.2) is 5.76 Å². The molecule has 116 valence electrons. The highest BCUT2D eigenvalue weighted by molar-refractivity contribution is 6.03. The third-order valence-corrected chi connectivity index (χ3v) is 3.35. The van der Waals surface area contributed by atoms with Gasteiger partial charge in [-0.15, -0.1) is 0 Å². The van der Waals surface area contributed by atoms with Crippen molar-refractivity contribution >= 4 is 22.6 Å². The van der Waals surface area contributed by atoms with E-state index in [2.05, 4.69) is 10.9 Å². The molecule has 0 atom stereocenters. The molecule has 0 unspecified atom stereocenters. The minimum Gasteiger partial charge on any atom is -0.496 e. The van der Waals surface area contributed by atoms with Crippen molar-refractivity contribution in [1.82, 2.24) is 10.9 Å². The molecule has 1 heterocycles. The Morgan fingerprint density at radius 1 is 0.957 bits per heavy atom. The Bertz CT molecular complexity index is 856. The van der Waals surface area contributed by atoms with Gasteiger partial charge in [-0.2, -0.15) is 0 Å². The van der Waals surface area contributed by atoms with Crippen LogP contribution in [0.1, 0.15) is 20.9 Å². The van der Waals surface area contributed by atoms with Crippen LogP contribution in [0.25, 0.3) is 10.8 Å². The first-order valence-electron chi connectivity index (χ1n) is 6.90. The number of furan rings is 1. The van der Waals surface area contributed by atoms with Crippen molar-refractivity contribution in [3.63, 3.8) is 0 Å². The third kappa shape index (κ3) is 3.01. The number of nitrogens with one attached hydrogen (secondary N) is 2. The molecule has 2 N–H and O–H groups in total. The van der Waals surface area contributed by atoms with Crippen LogP contribution in [-0.4, -0.2) is 18.9 Å². The van der Waals surface area contributed by atoms with Gasteiger partial charge in [0, 0.05) is 0 Å². The average molecular weight is 310 g/mol. The number of hydrazine groups is 1. The molecule has 2 aromatic carbocycles. The molecule has 6 heteroatoms. The Hall–Kier alpha value is -3.28. The summed E-state index contributed by atoms with van der Waals surface area (Å²) in [6, 6.07) is 14.2. The van der Waals surface area contributed by atoms with Gasteiger partial charge in [-0.1, -0.05) is 24.3 Å². The van der Waals surface area contributed by atoms with Gasteiger partial charge < -0.3 is 9.15 Å². The lowest BCUT2D eigenvalue weighted by molar-refractivity contribution is 0.0829. The Morgan fingerprint density at radius 2 is 1.65 bits per heavy atom. The number of ether oxygens (including phenoxy) is 1. The highest BCUT2D eigenvalue weighted by atomic mass is 16.5. The number of amides is 2. The van der Waals surface area contributed by atoms with Gasteiger partial charge in [0.2, 0.25) is 0 Å². The van der Waals surface area contributed by atoms with Crippen LogP contribution < -0.4 is 15.6 Å². The molecule has 6 nitrogen and oxygen atoms in total. The smallest absolute Gasteiger partial charge is 0.305 e. The van der Waals surface area contributed by atoms with E-state index in [0.29, 0.717) is 11.3 Å². The number of hydrogen-bond donors (Lipinski definition) is 2. The number of benzene rings is 2. The van der Waals surface area contributed by atoms with E-state index >= 15 is 0 Å². The fraction of sp³-hybridized carbons (Fsp3) is 0.0588. The Balaban J connectivity index is 1.81. The van der Waals surface area contributed by atoms with Gasteiger partial charge in [0.05, 0.1) is 18.9 Å². The number of fused-ring (bicyclic) bond motifs is 1. The summed E-state index contributed by atoms with van der Waals surface area (Å²) in [5.74, 6) is -0.486. The van der Waals surface area contributed by atoms with Gasteiger partial charge in [0.1, 0.15) is 5.75 Å². The van der Waals surface area contributed by atoms with Crippen molar-refractivity contribution in [2.24, 2.45) is 0 Å². The van der Waals surface area contributed by atoms with Crippen LogP contribution in [0.3, 0.4) is 0 Å². The van der Waals surface area contributed by atoms with Crippen LogP contribution in [0.15, 0.2) is 59.2 Å². The van der Waals surface area contributed by atoms with E-state index in [-0.39, 0.29) is 5.76 Å². The van der Waals surface area contributed by atoms with Crippen molar-refractivity contribution < 1.29 is 18.7 Å². The fourth-order valence-corrected chi connectivity index (χ4v) is 2.22. The predicted octanol–water partition coefficient (Wildman–Crippen LogP) is 2.52. The molecule has 23 heavy (non-hydrogen) atoms. The monoisotopic (exact) mass is 310 g/mol. The maximum atomic E-state index is 12.3. The van der Waals surface area contributed by atoms with Crippen LogP contribution in [-0.2, 0) is 0 Å². The highest BCUT2D eigenvalue weighted by Crippen LogP contribution is 2.25. The van der Waals surface area contributed by atoms with Gasteiger partial charge in [-0.25, -0.2) is 0 Å². The maximum absolute atomic E-state index is 12.3. The third-order valence-electron chi connectivity index (χ3n) is 3.35. The predicted molar refractivity (Wildman–Crippen MR) is 84.1 cm³/mol. The van der Waals surface area contributed by atoms with Crippen molar-refractivity contribution in [3.8, 4) is 5.75 Å². The fourth-order valence-electron chi connectivity index (χ4n) is 2.22. The second-order valence-electron chi connectivity index (χ2n) is 4.79. The van der Waals surface area contributed by atoms with Crippen molar-refractivity contribution in [2.45, 2.75) is 0 Å². The number of carbonyl (C=O) groups excluding carboxylic acids is 2. The Morgan fingerprint density at radius 3 is 2.30 bits per heavy atom. The van der Waals surface area contributed by atoms with Gasteiger partial charge >= 0.3 is 5.91 Å². The second kappa shape index (κ2) is 6.23. The Kier molecular flexibility index (Phi) is 3.97. The topological polar surface area (TPSA) is 80.6 Å². The van der Waals surface area contributed by atoms with E-state index in [1.165, 1.54) is 19.4 Å². The molecule has 1 aromatic heterocycles. The van der Waals surface area contributed by atoms with Crippen molar-refractivity contribution in [3.05, 3.63) is 66.1 Å². The molecule has 2 amide bonds. The molecule has 3 aromatic rings.